The van der Waals surface area contributed by atoms with Crippen LogP contribution in [0.25, 0.3) is 0 Å². The number of nitrogens with two attached hydrogens (primary N) is 1. The van der Waals surface area contributed by atoms with Gasteiger partial charge in [-0.15, -0.1) is 6.58 Å². The summed E-state index contributed by atoms with van der Waals surface area (Å²) in [6, 6.07) is 2.85. The average molecular weight is 337 g/mol. The van der Waals surface area contributed by atoms with E-state index in [1.807, 2.05) is 0 Å². The molecule has 0 saturated heterocycles. The van der Waals surface area contributed by atoms with Crippen molar-refractivity contribution >= 4 is 33.2 Å². The van der Waals surface area contributed by atoms with E-state index >= 15 is 0 Å². The van der Waals surface area contributed by atoms with Crippen LogP contribution in [0.1, 0.15) is 18.4 Å². The van der Waals surface area contributed by atoms with E-state index in [-0.39, 0.29) is 16.5 Å². The third-order valence-corrected chi connectivity index (χ3v) is 5.56. The van der Waals surface area contributed by atoms with E-state index in [1.54, 1.807) is 6.08 Å². The molecule has 0 aromatic heterocycles. The first-order chi connectivity index (χ1) is 9.34. The maximum Gasteiger partial charge on any atom is 0.244 e. The molecular weight excluding hydrogens is 319 g/mol. The highest BCUT2D eigenvalue weighted by molar-refractivity contribution is 7.89. The molecule has 0 bridgehead atoms. The van der Waals surface area contributed by atoms with Gasteiger partial charge in [-0.3, -0.25) is 0 Å². The third-order valence-electron chi connectivity index (χ3n) is 2.89. The molecule has 0 saturated carbocycles. The van der Waals surface area contributed by atoms with Crippen molar-refractivity contribution in [3.05, 3.63) is 40.4 Å². The normalized spacial score (nSPS) is 11.8. The van der Waals surface area contributed by atoms with Gasteiger partial charge in [0.2, 0.25) is 10.0 Å². The van der Waals surface area contributed by atoms with Crippen LogP contribution in [-0.4, -0.2) is 26.3 Å². The number of hydrogen-bond acceptors (Lipinski definition) is 3. The number of hydrogen-bond donors (Lipinski definition) is 1. The van der Waals surface area contributed by atoms with Gasteiger partial charge in [-0.25, -0.2) is 12.7 Å². The van der Waals surface area contributed by atoms with Crippen LogP contribution in [0.3, 0.4) is 0 Å². The van der Waals surface area contributed by atoms with Gasteiger partial charge < -0.3 is 5.73 Å². The van der Waals surface area contributed by atoms with E-state index in [2.05, 4.69) is 6.58 Å². The van der Waals surface area contributed by atoms with Crippen molar-refractivity contribution in [1.29, 1.82) is 0 Å². The lowest BCUT2D eigenvalue weighted by Gasteiger charge is -2.18. The molecule has 0 aliphatic heterocycles. The Morgan fingerprint density at radius 2 is 2.00 bits per heavy atom. The molecule has 2 N–H and O–H groups in total. The summed E-state index contributed by atoms with van der Waals surface area (Å²) in [7, 11) is -2.13. The molecule has 0 amide bonds. The van der Waals surface area contributed by atoms with Gasteiger partial charge in [0.25, 0.3) is 0 Å². The van der Waals surface area contributed by atoms with Crippen LogP contribution in [-0.2, 0) is 16.6 Å². The van der Waals surface area contributed by atoms with E-state index < -0.39 is 10.0 Å². The van der Waals surface area contributed by atoms with Gasteiger partial charge in [0.15, 0.2) is 0 Å². The van der Waals surface area contributed by atoms with Gasteiger partial charge in [-0.1, -0.05) is 29.3 Å². The van der Waals surface area contributed by atoms with Crippen LogP contribution in [0.15, 0.2) is 29.7 Å². The zero-order chi connectivity index (χ0) is 15.3. The lowest BCUT2D eigenvalue weighted by molar-refractivity contribution is 0.463. The van der Waals surface area contributed by atoms with E-state index in [9.17, 15) is 8.42 Å². The predicted molar refractivity (Wildman–Crippen MR) is 83.6 cm³/mol. The molecule has 0 atom stereocenters. The minimum absolute atomic E-state index is 0.0325. The first kappa shape index (κ1) is 17.5. The quantitative estimate of drug-likeness (QED) is 0.614. The van der Waals surface area contributed by atoms with E-state index in [0.29, 0.717) is 23.6 Å². The highest BCUT2D eigenvalue weighted by Crippen LogP contribution is 2.30. The largest absolute Gasteiger partial charge is 0.326 e. The molecule has 0 unspecified atom stereocenters. The minimum Gasteiger partial charge on any atom is -0.326 e. The highest BCUT2D eigenvalue weighted by Gasteiger charge is 2.24. The Morgan fingerprint density at radius 1 is 1.35 bits per heavy atom. The summed E-state index contributed by atoms with van der Waals surface area (Å²) in [6.45, 7) is 4.15. The van der Waals surface area contributed by atoms with E-state index in [0.717, 1.165) is 6.42 Å². The van der Waals surface area contributed by atoms with Crippen molar-refractivity contribution in [1.82, 2.24) is 4.31 Å². The molecule has 4 nitrogen and oxygen atoms in total. The Balaban J connectivity index is 3.11. The van der Waals surface area contributed by atoms with Crippen molar-refractivity contribution in [3.63, 3.8) is 0 Å². The summed E-state index contributed by atoms with van der Waals surface area (Å²) in [5, 5.41) is 0.466. The molecule has 20 heavy (non-hydrogen) atoms. The van der Waals surface area contributed by atoms with Gasteiger partial charge in [-0.05, 0) is 30.5 Å². The molecule has 0 aliphatic rings. The number of benzene rings is 1. The lowest BCUT2D eigenvalue weighted by atomic mass is 10.2. The Bertz CT molecular complexity index is 588. The molecule has 0 fully saturated rings. The molecular formula is C13H18Cl2N2O2S. The molecule has 1 aromatic rings. The van der Waals surface area contributed by atoms with Gasteiger partial charge in [0.05, 0.1) is 5.02 Å². The van der Waals surface area contributed by atoms with Crippen LogP contribution in [0, 0.1) is 0 Å². The summed E-state index contributed by atoms with van der Waals surface area (Å²) < 4.78 is 26.2. The fourth-order valence-corrected chi connectivity index (χ4v) is 3.73. The molecule has 0 aliphatic carbocycles. The predicted octanol–water partition coefficient (Wildman–Crippen LogP) is 3.04. The first-order valence-corrected chi connectivity index (χ1v) is 8.29. The summed E-state index contributed by atoms with van der Waals surface area (Å²) >= 11 is 12.0. The van der Waals surface area contributed by atoms with Gasteiger partial charge in [0.1, 0.15) is 4.90 Å². The van der Waals surface area contributed by atoms with Crippen molar-refractivity contribution in [2.24, 2.45) is 5.73 Å². The SMILES string of the molecule is C=CCCCN(C)S(=O)(=O)c1cc(CN)c(Cl)cc1Cl. The molecule has 1 aromatic carbocycles. The van der Waals surface area contributed by atoms with Crippen LogP contribution in [0.4, 0.5) is 0 Å². The smallest absolute Gasteiger partial charge is 0.244 e. The standard InChI is InChI=1S/C13H18Cl2N2O2S/c1-3-4-5-6-17(2)20(18,19)13-7-10(9-16)11(14)8-12(13)15/h3,7-8H,1,4-6,9,16H2,2H3. The Morgan fingerprint density at radius 3 is 2.55 bits per heavy atom. The molecule has 0 heterocycles. The highest BCUT2D eigenvalue weighted by atomic mass is 35.5. The number of unbranched alkanes of at least 4 members (excludes halogenated alkanes) is 1. The minimum atomic E-state index is -3.65. The Hall–Kier alpha value is -0.590. The van der Waals surface area contributed by atoms with Crippen molar-refractivity contribution in [2.75, 3.05) is 13.6 Å². The lowest BCUT2D eigenvalue weighted by Crippen LogP contribution is -2.28. The summed E-state index contributed by atoms with van der Waals surface area (Å²) in [5.74, 6) is 0. The van der Waals surface area contributed by atoms with Gasteiger partial charge >= 0.3 is 0 Å². The third kappa shape index (κ3) is 3.96. The topological polar surface area (TPSA) is 63.4 Å². The average Bonchev–Trinajstić information content (AvgIpc) is 2.38. The van der Waals surface area contributed by atoms with Crippen LogP contribution >= 0.6 is 23.2 Å². The Labute approximate surface area is 130 Å². The number of sulfonamides is 1. The molecule has 0 radical (unpaired) electrons. The maximum atomic E-state index is 12.5. The second-order valence-corrected chi connectivity index (χ2v) is 7.16. The van der Waals surface area contributed by atoms with Crippen molar-refractivity contribution < 1.29 is 8.42 Å². The second-order valence-electron chi connectivity index (χ2n) is 4.34. The van der Waals surface area contributed by atoms with Crippen molar-refractivity contribution in [2.45, 2.75) is 24.3 Å². The first-order valence-electron chi connectivity index (χ1n) is 6.09. The number of allylic oxidation sites excluding steroid dienone is 1. The number of nitrogens with zero attached hydrogens (tertiary/aromatic N) is 1. The van der Waals surface area contributed by atoms with Crippen molar-refractivity contribution in [3.8, 4) is 0 Å². The summed E-state index contributed by atoms with van der Waals surface area (Å²) in [4.78, 5) is 0.0325. The van der Waals surface area contributed by atoms with Gasteiger partial charge in [0, 0.05) is 25.2 Å². The fourth-order valence-electron chi connectivity index (χ4n) is 1.67. The molecule has 112 valence electrons. The summed E-state index contributed by atoms with van der Waals surface area (Å²) in [6.07, 6.45) is 3.21. The fraction of sp³-hybridized carbons (Fsp3) is 0.385. The maximum absolute atomic E-state index is 12.5. The second kappa shape index (κ2) is 7.43. The Kier molecular flexibility index (Phi) is 6.48. The molecule has 0 spiro atoms. The zero-order valence-electron chi connectivity index (χ0n) is 11.3. The number of halogens is 2. The van der Waals surface area contributed by atoms with Gasteiger partial charge in [-0.2, -0.15) is 0 Å². The molecule has 7 heteroatoms. The summed E-state index contributed by atoms with van der Waals surface area (Å²) in [5.41, 5.74) is 6.09. The van der Waals surface area contributed by atoms with E-state index in [1.165, 1.54) is 23.5 Å². The number of rotatable bonds is 7. The molecule has 1 rings (SSSR count). The van der Waals surface area contributed by atoms with E-state index in [4.69, 9.17) is 28.9 Å². The zero-order valence-corrected chi connectivity index (χ0v) is 13.6. The van der Waals surface area contributed by atoms with Crippen LogP contribution in [0.2, 0.25) is 10.0 Å². The van der Waals surface area contributed by atoms with Crippen LogP contribution < -0.4 is 5.73 Å². The van der Waals surface area contributed by atoms with Crippen LogP contribution in [0.5, 0.6) is 0 Å². The monoisotopic (exact) mass is 336 g/mol.